The molecule has 1 N–H and O–H groups in total. The van der Waals surface area contributed by atoms with Crippen LogP contribution < -0.4 is 10.3 Å². The molecule has 0 saturated heterocycles. The van der Waals surface area contributed by atoms with Gasteiger partial charge in [0.15, 0.2) is 6.10 Å². The molecule has 26 heavy (non-hydrogen) atoms. The summed E-state index contributed by atoms with van der Waals surface area (Å²) in [5.41, 5.74) is 1.55. The third-order valence-electron chi connectivity index (χ3n) is 4.62. The number of aryl methyl sites for hydroxylation is 1. The van der Waals surface area contributed by atoms with Crippen molar-refractivity contribution in [2.75, 3.05) is 7.05 Å². The Bertz CT molecular complexity index is 1030. The molecule has 2 aromatic carbocycles. The fourth-order valence-corrected chi connectivity index (χ4v) is 3.26. The molecule has 0 unspecified atom stereocenters. The van der Waals surface area contributed by atoms with Gasteiger partial charge >= 0.3 is 0 Å². The maximum atomic E-state index is 12.7. The van der Waals surface area contributed by atoms with Gasteiger partial charge in [-0.1, -0.05) is 30.3 Å². The number of hydrogen-bond acceptors (Lipinski definition) is 4. The first-order valence-electron chi connectivity index (χ1n) is 8.59. The highest BCUT2D eigenvalue weighted by atomic mass is 16.5. The molecule has 0 spiro atoms. The first-order chi connectivity index (χ1) is 12.6. The predicted molar refractivity (Wildman–Crippen MR) is 98.0 cm³/mol. The Morgan fingerprint density at radius 3 is 2.88 bits per heavy atom. The smallest absolute Gasteiger partial charge is 0.263 e. The van der Waals surface area contributed by atoms with Crippen LogP contribution in [0.15, 0.2) is 53.3 Å². The lowest BCUT2D eigenvalue weighted by molar-refractivity contribution is -0.138. The monoisotopic (exact) mass is 349 g/mol. The Labute approximate surface area is 150 Å². The van der Waals surface area contributed by atoms with E-state index in [4.69, 9.17) is 4.74 Å². The average Bonchev–Trinajstić information content (AvgIpc) is 2.67. The lowest BCUT2D eigenvalue weighted by Crippen LogP contribution is -2.41. The first kappa shape index (κ1) is 16.3. The number of ether oxygens (including phenoxy) is 1. The van der Waals surface area contributed by atoms with Crippen molar-refractivity contribution in [3.63, 3.8) is 0 Å². The number of rotatable bonds is 3. The van der Waals surface area contributed by atoms with E-state index in [9.17, 15) is 9.59 Å². The van der Waals surface area contributed by atoms with E-state index < -0.39 is 6.10 Å². The van der Waals surface area contributed by atoms with E-state index in [0.29, 0.717) is 23.1 Å². The van der Waals surface area contributed by atoms with E-state index >= 15 is 0 Å². The topological polar surface area (TPSA) is 75.3 Å². The van der Waals surface area contributed by atoms with Crippen LogP contribution in [0.5, 0.6) is 5.75 Å². The minimum absolute atomic E-state index is 0.115. The number of nitrogens with zero attached hydrogens (tertiary/aromatic N) is 2. The van der Waals surface area contributed by atoms with E-state index in [1.807, 2.05) is 30.3 Å². The fourth-order valence-electron chi connectivity index (χ4n) is 3.26. The van der Waals surface area contributed by atoms with Gasteiger partial charge in [-0.05, 0) is 36.6 Å². The van der Waals surface area contributed by atoms with Crippen molar-refractivity contribution in [1.29, 1.82) is 0 Å². The molecule has 6 nitrogen and oxygen atoms in total. The standard InChI is InChI=1S/C20H19N3O3/c1-23(12-18-21-15-8-4-3-7-14(15)19(24)22-18)20(25)17-11-10-13-6-2-5-9-16(13)26-17/h2-9,17H,10-12H2,1H3,(H,21,22,24)/t17-/m1/s1. The number of aromatic amines is 1. The molecule has 0 radical (unpaired) electrons. The fraction of sp³-hybridized carbons (Fsp3) is 0.250. The van der Waals surface area contributed by atoms with Crippen molar-refractivity contribution in [3.05, 3.63) is 70.3 Å². The molecule has 0 aliphatic carbocycles. The lowest BCUT2D eigenvalue weighted by Gasteiger charge is -2.28. The predicted octanol–water partition coefficient (Wildman–Crippen LogP) is 2.28. The van der Waals surface area contributed by atoms with Crippen LogP contribution in [0.3, 0.4) is 0 Å². The van der Waals surface area contributed by atoms with Gasteiger partial charge in [0.05, 0.1) is 17.4 Å². The third kappa shape index (κ3) is 3.06. The minimum atomic E-state index is -0.512. The van der Waals surface area contributed by atoms with E-state index in [1.54, 1.807) is 30.1 Å². The molecule has 2 heterocycles. The van der Waals surface area contributed by atoms with E-state index in [2.05, 4.69) is 9.97 Å². The van der Waals surface area contributed by atoms with Gasteiger partial charge in [-0.3, -0.25) is 9.59 Å². The van der Waals surface area contributed by atoms with Crippen LogP contribution in [0.4, 0.5) is 0 Å². The van der Waals surface area contributed by atoms with Crippen molar-refractivity contribution in [3.8, 4) is 5.75 Å². The van der Waals surface area contributed by atoms with Gasteiger partial charge in [-0.25, -0.2) is 4.98 Å². The van der Waals surface area contributed by atoms with Gasteiger partial charge in [0.25, 0.3) is 11.5 Å². The summed E-state index contributed by atoms with van der Waals surface area (Å²) < 4.78 is 5.86. The Morgan fingerprint density at radius 2 is 2.00 bits per heavy atom. The van der Waals surface area contributed by atoms with Crippen LogP contribution in [0, 0.1) is 0 Å². The molecule has 1 amide bonds. The SMILES string of the molecule is CN(Cc1nc2ccccc2c(=O)[nH]1)C(=O)[C@H]1CCc2ccccc2O1. The largest absolute Gasteiger partial charge is 0.480 e. The molecule has 0 fully saturated rings. The number of carbonyl (C=O) groups is 1. The van der Waals surface area contributed by atoms with Crippen LogP contribution in [-0.2, 0) is 17.8 Å². The number of amides is 1. The Kier molecular flexibility index (Phi) is 4.16. The molecule has 1 atom stereocenters. The lowest BCUT2D eigenvalue weighted by atomic mass is 10.0. The summed E-state index contributed by atoms with van der Waals surface area (Å²) in [5, 5.41) is 0.539. The molecule has 0 saturated carbocycles. The van der Waals surface area contributed by atoms with Crippen molar-refractivity contribution >= 4 is 16.8 Å². The highest BCUT2D eigenvalue weighted by Gasteiger charge is 2.28. The normalized spacial score (nSPS) is 16.0. The van der Waals surface area contributed by atoms with E-state index in [-0.39, 0.29) is 18.0 Å². The molecule has 0 bridgehead atoms. The number of hydrogen-bond donors (Lipinski definition) is 1. The number of carbonyl (C=O) groups excluding carboxylic acids is 1. The number of H-pyrrole nitrogens is 1. The molecule has 3 aromatic rings. The van der Waals surface area contributed by atoms with Gasteiger partial charge in [0.2, 0.25) is 0 Å². The molecule has 132 valence electrons. The summed E-state index contributed by atoms with van der Waals surface area (Å²) in [6, 6.07) is 14.9. The van der Waals surface area contributed by atoms with Gasteiger partial charge in [0, 0.05) is 7.05 Å². The van der Waals surface area contributed by atoms with Crippen LogP contribution in [0.1, 0.15) is 17.8 Å². The van der Waals surface area contributed by atoms with Crippen molar-refractivity contribution in [2.24, 2.45) is 0 Å². The molecule has 6 heteroatoms. The van der Waals surface area contributed by atoms with Crippen molar-refractivity contribution < 1.29 is 9.53 Å². The van der Waals surface area contributed by atoms with Crippen LogP contribution in [0.25, 0.3) is 10.9 Å². The summed E-state index contributed by atoms with van der Waals surface area (Å²) in [5.74, 6) is 1.11. The Balaban J connectivity index is 1.51. The zero-order chi connectivity index (χ0) is 18.1. The van der Waals surface area contributed by atoms with Crippen molar-refractivity contribution in [2.45, 2.75) is 25.5 Å². The molecular formula is C20H19N3O3. The highest BCUT2D eigenvalue weighted by Crippen LogP contribution is 2.27. The molecular weight excluding hydrogens is 330 g/mol. The zero-order valence-electron chi connectivity index (χ0n) is 14.4. The molecule has 1 aliphatic heterocycles. The van der Waals surface area contributed by atoms with Gasteiger partial charge in [-0.15, -0.1) is 0 Å². The van der Waals surface area contributed by atoms with Gasteiger partial charge in [0.1, 0.15) is 11.6 Å². The number of benzene rings is 2. The zero-order valence-corrected chi connectivity index (χ0v) is 14.4. The molecule has 1 aromatic heterocycles. The van der Waals surface area contributed by atoms with Crippen LogP contribution in [-0.4, -0.2) is 33.9 Å². The number of nitrogens with one attached hydrogen (secondary N) is 1. The van der Waals surface area contributed by atoms with Crippen molar-refractivity contribution in [1.82, 2.24) is 14.9 Å². The quantitative estimate of drug-likeness (QED) is 0.787. The minimum Gasteiger partial charge on any atom is -0.480 e. The summed E-state index contributed by atoms with van der Waals surface area (Å²) in [7, 11) is 1.70. The summed E-state index contributed by atoms with van der Waals surface area (Å²) in [4.78, 5) is 33.7. The summed E-state index contributed by atoms with van der Waals surface area (Å²) in [6.45, 7) is 0.223. The Hall–Kier alpha value is -3.15. The molecule has 4 rings (SSSR count). The number of likely N-dealkylation sites (N-methyl/N-ethyl adjacent to an activating group) is 1. The van der Waals surface area contributed by atoms with E-state index in [1.165, 1.54) is 0 Å². The van der Waals surface area contributed by atoms with Crippen LogP contribution in [0.2, 0.25) is 0 Å². The highest BCUT2D eigenvalue weighted by molar-refractivity contribution is 5.81. The number of para-hydroxylation sites is 2. The summed E-state index contributed by atoms with van der Waals surface area (Å²) >= 11 is 0. The third-order valence-corrected chi connectivity index (χ3v) is 4.62. The molecule has 1 aliphatic rings. The maximum absolute atomic E-state index is 12.7. The maximum Gasteiger partial charge on any atom is 0.263 e. The Morgan fingerprint density at radius 1 is 1.23 bits per heavy atom. The van der Waals surface area contributed by atoms with Gasteiger partial charge < -0.3 is 14.6 Å². The van der Waals surface area contributed by atoms with Crippen LogP contribution >= 0.6 is 0 Å². The number of fused-ring (bicyclic) bond motifs is 2. The average molecular weight is 349 g/mol. The first-order valence-corrected chi connectivity index (χ1v) is 8.59. The summed E-state index contributed by atoms with van der Waals surface area (Å²) in [6.07, 6.45) is 0.940. The van der Waals surface area contributed by atoms with Gasteiger partial charge in [-0.2, -0.15) is 0 Å². The van der Waals surface area contributed by atoms with E-state index in [0.717, 1.165) is 17.7 Å². The second kappa shape index (κ2) is 6.63. The number of aromatic nitrogens is 2. The second-order valence-electron chi connectivity index (χ2n) is 6.48. The second-order valence-corrected chi connectivity index (χ2v) is 6.48.